The lowest BCUT2D eigenvalue weighted by Gasteiger charge is -2.41. The molecule has 0 aliphatic carbocycles. The minimum atomic E-state index is -0.906. The summed E-state index contributed by atoms with van der Waals surface area (Å²) < 4.78 is 5.79. The molecule has 9 heteroatoms. The van der Waals surface area contributed by atoms with Gasteiger partial charge in [-0.25, -0.2) is 4.79 Å². The Morgan fingerprint density at radius 3 is 2.13 bits per heavy atom. The largest absolute Gasteiger partial charge is 0.481 e. The third kappa shape index (κ3) is 6.23. The number of anilines is 1. The molecule has 0 spiro atoms. The number of nitrogens with zero attached hydrogens (tertiary/aromatic N) is 3. The number of para-hydroxylation sites is 1. The number of amides is 3. The van der Waals surface area contributed by atoms with Crippen LogP contribution in [0.5, 0.6) is 0 Å². The van der Waals surface area contributed by atoms with Crippen molar-refractivity contribution in [3.8, 4) is 0 Å². The predicted octanol–water partition coefficient (Wildman–Crippen LogP) is 5.90. The number of likely N-dealkylation sites (tertiary alicyclic amines) is 1. The van der Waals surface area contributed by atoms with Crippen LogP contribution in [-0.4, -0.2) is 62.5 Å². The van der Waals surface area contributed by atoms with Gasteiger partial charge in [0.15, 0.2) is 0 Å². The minimum Gasteiger partial charge on any atom is -0.481 e. The SMILES string of the molecule is CC(C)(C)OC(=O)N1c2ccccc2C[C@@H]1C(=O)N1[C@@H](C(=O)N2Cc3ccccc3CC2CCC(=O)O)CC[C@H]1c1ccccc1. The second-order valence-corrected chi connectivity index (χ2v) is 13.5. The van der Waals surface area contributed by atoms with Crippen molar-refractivity contribution in [3.63, 3.8) is 0 Å². The van der Waals surface area contributed by atoms with Crippen LogP contribution in [0.15, 0.2) is 78.9 Å². The average Bonchev–Trinajstić information content (AvgIpc) is 3.65. The number of rotatable bonds is 6. The van der Waals surface area contributed by atoms with Crippen LogP contribution in [0.3, 0.4) is 0 Å². The second kappa shape index (κ2) is 12.6. The van der Waals surface area contributed by atoms with Gasteiger partial charge in [0.2, 0.25) is 11.8 Å². The summed E-state index contributed by atoms with van der Waals surface area (Å²) in [6.07, 6.45) is 1.58. The summed E-state index contributed by atoms with van der Waals surface area (Å²) in [6, 6.07) is 22.8. The molecule has 0 aromatic heterocycles. The maximum atomic E-state index is 14.9. The Kier molecular flexibility index (Phi) is 8.59. The predicted molar refractivity (Wildman–Crippen MR) is 173 cm³/mol. The molecule has 1 unspecified atom stereocenters. The number of ether oxygens (including phenoxy) is 1. The molecule has 3 aliphatic rings. The molecule has 3 amide bonds. The van der Waals surface area contributed by atoms with Crippen molar-refractivity contribution < 1.29 is 29.0 Å². The first kappa shape index (κ1) is 31.3. The molecule has 0 saturated carbocycles. The van der Waals surface area contributed by atoms with Crippen LogP contribution < -0.4 is 4.90 Å². The average molecular weight is 624 g/mol. The minimum absolute atomic E-state index is 0.0538. The van der Waals surface area contributed by atoms with Gasteiger partial charge in [-0.2, -0.15) is 0 Å². The van der Waals surface area contributed by atoms with E-state index in [2.05, 4.69) is 0 Å². The van der Waals surface area contributed by atoms with Gasteiger partial charge < -0.3 is 19.6 Å². The van der Waals surface area contributed by atoms with Gasteiger partial charge in [0.25, 0.3) is 0 Å². The summed E-state index contributed by atoms with van der Waals surface area (Å²) in [6.45, 7) is 5.73. The summed E-state index contributed by atoms with van der Waals surface area (Å²) in [5.41, 5.74) is 3.80. The normalized spacial score (nSPS) is 22.3. The Bertz CT molecular complexity index is 1630. The molecule has 3 aromatic rings. The molecule has 46 heavy (non-hydrogen) atoms. The maximum Gasteiger partial charge on any atom is 0.415 e. The molecule has 1 N–H and O–H groups in total. The Balaban J connectivity index is 1.37. The number of carbonyl (C=O) groups excluding carboxylic acids is 3. The van der Waals surface area contributed by atoms with Crippen LogP contribution in [0.2, 0.25) is 0 Å². The van der Waals surface area contributed by atoms with Gasteiger partial charge in [-0.3, -0.25) is 19.3 Å². The van der Waals surface area contributed by atoms with Gasteiger partial charge in [0.1, 0.15) is 17.7 Å². The summed E-state index contributed by atoms with van der Waals surface area (Å²) in [5.74, 6) is -1.39. The summed E-state index contributed by atoms with van der Waals surface area (Å²) in [7, 11) is 0. The number of carboxylic acids is 1. The molecule has 9 nitrogen and oxygen atoms in total. The number of fused-ring (bicyclic) bond motifs is 2. The monoisotopic (exact) mass is 623 g/mol. The van der Waals surface area contributed by atoms with E-state index >= 15 is 0 Å². The van der Waals surface area contributed by atoms with Gasteiger partial charge in [-0.05, 0) is 74.8 Å². The van der Waals surface area contributed by atoms with Gasteiger partial charge in [0, 0.05) is 25.4 Å². The zero-order chi connectivity index (χ0) is 32.6. The molecule has 1 fully saturated rings. The lowest BCUT2D eigenvalue weighted by atomic mass is 9.90. The third-order valence-electron chi connectivity index (χ3n) is 9.29. The standard InChI is InChI=1S/C37H41N3O6/c1-37(2,3)46-36(45)40-29-16-10-9-14-26(29)22-32(40)35(44)39-30(24-11-5-4-6-12-24)18-19-31(39)34(43)38-23-27-15-8-7-13-25(27)21-28(38)17-20-33(41)42/h4-16,28,30-32H,17-23H2,1-3H3,(H,41,42)/t28?,30-,31+,32+/m0/s1. The van der Waals surface area contributed by atoms with Crippen LogP contribution in [0, 0.1) is 0 Å². The van der Waals surface area contributed by atoms with Crippen molar-refractivity contribution in [1.82, 2.24) is 9.80 Å². The van der Waals surface area contributed by atoms with E-state index in [4.69, 9.17) is 4.74 Å². The fourth-order valence-corrected chi connectivity index (χ4v) is 7.24. The van der Waals surface area contributed by atoms with Gasteiger partial charge in [-0.1, -0.05) is 72.8 Å². The first-order valence-corrected chi connectivity index (χ1v) is 16.1. The lowest BCUT2D eigenvalue weighted by molar-refractivity contribution is -0.149. The Morgan fingerprint density at radius 1 is 0.783 bits per heavy atom. The quantitative estimate of drug-likeness (QED) is 0.366. The third-order valence-corrected chi connectivity index (χ3v) is 9.29. The lowest BCUT2D eigenvalue weighted by Crippen LogP contribution is -2.57. The highest BCUT2D eigenvalue weighted by Crippen LogP contribution is 2.42. The van der Waals surface area contributed by atoms with E-state index in [9.17, 15) is 24.3 Å². The zero-order valence-electron chi connectivity index (χ0n) is 26.6. The van der Waals surface area contributed by atoms with E-state index in [1.54, 1.807) is 30.6 Å². The maximum absolute atomic E-state index is 14.9. The molecule has 6 rings (SSSR count). The highest BCUT2D eigenvalue weighted by atomic mass is 16.6. The van der Waals surface area contributed by atoms with Gasteiger partial charge >= 0.3 is 12.1 Å². The van der Waals surface area contributed by atoms with Crippen molar-refractivity contribution in [2.45, 2.75) is 95.6 Å². The fourth-order valence-electron chi connectivity index (χ4n) is 7.24. The summed E-state index contributed by atoms with van der Waals surface area (Å²) in [4.78, 5) is 59.8. The van der Waals surface area contributed by atoms with Crippen molar-refractivity contribution in [3.05, 3.63) is 101 Å². The number of hydrogen-bond acceptors (Lipinski definition) is 5. The highest BCUT2D eigenvalue weighted by Gasteiger charge is 2.50. The first-order valence-electron chi connectivity index (χ1n) is 16.1. The van der Waals surface area contributed by atoms with Gasteiger partial charge in [0.05, 0.1) is 11.7 Å². The van der Waals surface area contributed by atoms with Crippen LogP contribution in [0.4, 0.5) is 10.5 Å². The van der Waals surface area contributed by atoms with Crippen molar-refractivity contribution in [2.24, 2.45) is 0 Å². The number of carboxylic acid groups (broad SMARTS) is 1. The van der Waals surface area contributed by atoms with E-state index in [-0.39, 0.29) is 30.3 Å². The molecule has 0 radical (unpaired) electrons. The topological polar surface area (TPSA) is 107 Å². The number of carbonyl (C=O) groups is 4. The van der Waals surface area contributed by atoms with Crippen LogP contribution >= 0.6 is 0 Å². The van der Waals surface area contributed by atoms with E-state index < -0.39 is 29.7 Å². The number of hydrogen-bond donors (Lipinski definition) is 1. The van der Waals surface area contributed by atoms with Crippen molar-refractivity contribution in [1.29, 1.82) is 0 Å². The Morgan fingerprint density at radius 2 is 1.43 bits per heavy atom. The second-order valence-electron chi connectivity index (χ2n) is 13.5. The molecular weight excluding hydrogens is 582 g/mol. The molecule has 3 aliphatic heterocycles. The van der Waals surface area contributed by atoms with Gasteiger partial charge in [-0.15, -0.1) is 0 Å². The number of aliphatic carboxylic acids is 1. The summed E-state index contributed by atoms with van der Waals surface area (Å²) >= 11 is 0. The smallest absolute Gasteiger partial charge is 0.415 e. The van der Waals surface area contributed by atoms with Crippen LogP contribution in [-0.2, 0) is 38.5 Å². The highest BCUT2D eigenvalue weighted by molar-refractivity contribution is 6.02. The Labute approximate surface area is 269 Å². The molecular formula is C37H41N3O6. The Hall–Kier alpha value is -4.66. The first-order chi connectivity index (χ1) is 22.0. The number of benzene rings is 3. The molecule has 3 heterocycles. The molecule has 4 atom stereocenters. The molecule has 3 aromatic carbocycles. The van der Waals surface area contributed by atoms with E-state index in [0.29, 0.717) is 44.3 Å². The van der Waals surface area contributed by atoms with E-state index in [0.717, 1.165) is 22.3 Å². The molecule has 240 valence electrons. The van der Waals surface area contributed by atoms with Crippen LogP contribution in [0.25, 0.3) is 0 Å². The van der Waals surface area contributed by atoms with E-state index in [1.165, 1.54) is 4.90 Å². The molecule has 0 bridgehead atoms. The summed E-state index contributed by atoms with van der Waals surface area (Å²) in [5, 5.41) is 9.49. The van der Waals surface area contributed by atoms with E-state index in [1.807, 2.05) is 78.9 Å². The van der Waals surface area contributed by atoms with Crippen LogP contribution in [0.1, 0.15) is 74.8 Å². The fraction of sp³-hybridized carbons (Fsp3) is 0.405. The zero-order valence-corrected chi connectivity index (χ0v) is 26.6. The van der Waals surface area contributed by atoms with Crippen molar-refractivity contribution >= 4 is 29.6 Å². The van der Waals surface area contributed by atoms with Crippen molar-refractivity contribution in [2.75, 3.05) is 4.90 Å². The molecule has 1 saturated heterocycles.